The molecular formula is C11H10ClFN4O. The van der Waals surface area contributed by atoms with Crippen LogP contribution in [0.25, 0.3) is 11.4 Å². The minimum atomic E-state index is -0.490. The van der Waals surface area contributed by atoms with Crippen LogP contribution in [0.15, 0.2) is 18.2 Å². The molecule has 1 aromatic carbocycles. The van der Waals surface area contributed by atoms with Crippen LogP contribution in [0, 0.1) is 5.82 Å². The summed E-state index contributed by atoms with van der Waals surface area (Å²) < 4.78 is 18.0. The number of rotatable bonds is 3. The lowest BCUT2D eigenvalue weighted by atomic mass is 10.2. The van der Waals surface area contributed by atoms with Crippen molar-refractivity contribution in [1.29, 1.82) is 0 Å². The Morgan fingerprint density at radius 2 is 2.06 bits per heavy atom. The highest BCUT2D eigenvalue weighted by atomic mass is 35.5. The molecule has 0 atom stereocenters. The number of hydrogen-bond acceptors (Lipinski definition) is 5. The van der Waals surface area contributed by atoms with E-state index in [4.69, 9.17) is 16.3 Å². The number of methoxy groups -OCH3 is 1. The number of ether oxygens (including phenoxy) is 1. The maximum absolute atomic E-state index is 13.1. The van der Waals surface area contributed by atoms with E-state index in [0.717, 1.165) is 0 Å². The van der Waals surface area contributed by atoms with E-state index >= 15 is 0 Å². The predicted molar refractivity (Wildman–Crippen MR) is 66.3 cm³/mol. The second-order valence-corrected chi connectivity index (χ2v) is 3.76. The Bertz CT molecular complexity index is 557. The second-order valence-electron chi connectivity index (χ2n) is 3.35. The van der Waals surface area contributed by atoms with Crippen molar-refractivity contribution >= 4 is 17.5 Å². The van der Waals surface area contributed by atoms with E-state index in [9.17, 15) is 4.39 Å². The Hall–Kier alpha value is -1.95. The predicted octanol–water partition coefficient (Wildman–Crippen LogP) is 2.38. The number of benzene rings is 1. The third-order valence-corrected chi connectivity index (χ3v) is 2.49. The van der Waals surface area contributed by atoms with Gasteiger partial charge in [0, 0.05) is 12.6 Å². The zero-order valence-electron chi connectivity index (χ0n) is 9.74. The molecule has 0 bridgehead atoms. The van der Waals surface area contributed by atoms with Crippen molar-refractivity contribution in [3.8, 4) is 17.4 Å². The zero-order chi connectivity index (χ0) is 13.1. The largest absolute Gasteiger partial charge is 0.467 e. The Balaban J connectivity index is 2.51. The summed E-state index contributed by atoms with van der Waals surface area (Å²) in [5, 5.41) is 2.80. The highest BCUT2D eigenvalue weighted by Crippen LogP contribution is 2.23. The van der Waals surface area contributed by atoms with Crippen LogP contribution in [0.2, 0.25) is 5.02 Å². The molecule has 0 unspecified atom stereocenters. The van der Waals surface area contributed by atoms with Gasteiger partial charge in [-0.25, -0.2) is 4.39 Å². The minimum Gasteiger partial charge on any atom is -0.467 e. The molecule has 18 heavy (non-hydrogen) atoms. The van der Waals surface area contributed by atoms with E-state index in [2.05, 4.69) is 20.3 Å². The van der Waals surface area contributed by atoms with Crippen LogP contribution < -0.4 is 10.1 Å². The smallest absolute Gasteiger partial charge is 0.321 e. The topological polar surface area (TPSA) is 59.9 Å². The number of hydrogen-bond donors (Lipinski definition) is 1. The molecule has 0 amide bonds. The molecule has 94 valence electrons. The summed E-state index contributed by atoms with van der Waals surface area (Å²) in [6, 6.07) is 4.41. The molecule has 5 nitrogen and oxygen atoms in total. The van der Waals surface area contributed by atoms with Gasteiger partial charge in [-0.15, -0.1) is 0 Å². The van der Waals surface area contributed by atoms with E-state index in [1.54, 1.807) is 7.05 Å². The summed E-state index contributed by atoms with van der Waals surface area (Å²) in [7, 11) is 3.13. The van der Waals surface area contributed by atoms with Gasteiger partial charge >= 0.3 is 6.01 Å². The average Bonchev–Trinajstić information content (AvgIpc) is 2.41. The van der Waals surface area contributed by atoms with E-state index < -0.39 is 5.82 Å². The van der Waals surface area contributed by atoms with Crippen molar-refractivity contribution in [2.75, 3.05) is 19.5 Å². The van der Waals surface area contributed by atoms with Gasteiger partial charge in [-0.1, -0.05) is 11.6 Å². The maximum atomic E-state index is 13.1. The Labute approximate surface area is 108 Å². The summed E-state index contributed by atoms with van der Waals surface area (Å²) in [5.41, 5.74) is 0.582. The zero-order valence-corrected chi connectivity index (χ0v) is 10.5. The number of anilines is 1. The third-order valence-electron chi connectivity index (χ3n) is 2.20. The van der Waals surface area contributed by atoms with Gasteiger partial charge < -0.3 is 10.1 Å². The normalized spacial score (nSPS) is 10.2. The van der Waals surface area contributed by atoms with Gasteiger partial charge in [0.1, 0.15) is 5.82 Å². The van der Waals surface area contributed by atoms with Gasteiger partial charge in [-0.3, -0.25) is 0 Å². The summed E-state index contributed by atoms with van der Waals surface area (Å²) >= 11 is 5.72. The molecular weight excluding hydrogens is 259 g/mol. The van der Waals surface area contributed by atoms with Crippen LogP contribution in [0.3, 0.4) is 0 Å². The molecule has 0 saturated carbocycles. The number of nitrogens with one attached hydrogen (secondary N) is 1. The third kappa shape index (κ3) is 2.48. The lowest BCUT2D eigenvalue weighted by Gasteiger charge is -2.06. The van der Waals surface area contributed by atoms with E-state index in [1.807, 2.05) is 0 Å². The summed E-state index contributed by atoms with van der Waals surface area (Å²) in [4.78, 5) is 12.2. The Morgan fingerprint density at radius 1 is 1.28 bits per heavy atom. The van der Waals surface area contributed by atoms with Crippen molar-refractivity contribution in [2.24, 2.45) is 0 Å². The molecule has 1 heterocycles. The van der Waals surface area contributed by atoms with Crippen LogP contribution in [0.1, 0.15) is 0 Å². The first kappa shape index (κ1) is 12.5. The second kappa shape index (κ2) is 5.14. The molecule has 0 saturated heterocycles. The lowest BCUT2D eigenvalue weighted by molar-refractivity contribution is 0.379. The molecule has 1 N–H and O–H groups in total. The Morgan fingerprint density at radius 3 is 2.67 bits per heavy atom. The van der Waals surface area contributed by atoms with Gasteiger partial charge in [-0.05, 0) is 18.2 Å². The molecule has 2 rings (SSSR count). The molecule has 0 aliphatic heterocycles. The first-order valence-electron chi connectivity index (χ1n) is 5.07. The van der Waals surface area contributed by atoms with E-state index in [0.29, 0.717) is 17.3 Å². The summed E-state index contributed by atoms with van der Waals surface area (Å²) in [6.45, 7) is 0. The van der Waals surface area contributed by atoms with Crippen molar-refractivity contribution in [1.82, 2.24) is 15.0 Å². The van der Waals surface area contributed by atoms with Gasteiger partial charge in [0.05, 0.1) is 12.1 Å². The van der Waals surface area contributed by atoms with Gasteiger partial charge in [-0.2, -0.15) is 15.0 Å². The summed E-state index contributed by atoms with van der Waals surface area (Å²) in [5.74, 6) is 0.223. The Kier molecular flexibility index (Phi) is 3.57. The highest BCUT2D eigenvalue weighted by molar-refractivity contribution is 6.31. The number of nitrogens with zero attached hydrogens (tertiary/aromatic N) is 3. The van der Waals surface area contributed by atoms with Crippen LogP contribution in [-0.2, 0) is 0 Å². The quantitative estimate of drug-likeness (QED) is 0.926. The fraction of sp³-hybridized carbons (Fsp3) is 0.182. The fourth-order valence-corrected chi connectivity index (χ4v) is 1.50. The minimum absolute atomic E-state index is 0.0119. The summed E-state index contributed by atoms with van der Waals surface area (Å²) in [6.07, 6.45) is 0. The molecule has 0 fully saturated rings. The standard InChI is InChI=1S/C11H10ClFN4O/c1-14-10-15-9(16-11(17-10)18-2)6-3-4-8(13)7(12)5-6/h3-5H,1-2H3,(H,14,15,16,17). The average molecular weight is 269 g/mol. The van der Waals surface area contributed by atoms with Crippen LogP contribution in [-0.4, -0.2) is 29.1 Å². The van der Waals surface area contributed by atoms with Crippen LogP contribution in [0.5, 0.6) is 6.01 Å². The number of aromatic nitrogens is 3. The van der Waals surface area contributed by atoms with Crippen molar-refractivity contribution < 1.29 is 9.13 Å². The van der Waals surface area contributed by atoms with Crippen LogP contribution in [0.4, 0.5) is 10.3 Å². The number of halogens is 2. The lowest BCUT2D eigenvalue weighted by Crippen LogP contribution is -2.03. The van der Waals surface area contributed by atoms with Crippen molar-refractivity contribution in [3.05, 3.63) is 29.0 Å². The molecule has 2 aromatic rings. The van der Waals surface area contributed by atoms with Crippen molar-refractivity contribution in [3.63, 3.8) is 0 Å². The van der Waals surface area contributed by atoms with Gasteiger partial charge in [0.15, 0.2) is 5.82 Å². The first-order chi connectivity index (χ1) is 8.63. The van der Waals surface area contributed by atoms with Crippen molar-refractivity contribution in [2.45, 2.75) is 0 Å². The SMILES string of the molecule is CNc1nc(OC)nc(-c2ccc(F)c(Cl)c2)n1. The van der Waals surface area contributed by atoms with Crippen LogP contribution >= 0.6 is 11.6 Å². The maximum Gasteiger partial charge on any atom is 0.321 e. The molecule has 0 spiro atoms. The first-order valence-corrected chi connectivity index (χ1v) is 5.45. The molecule has 0 aliphatic carbocycles. The molecule has 0 aliphatic rings. The monoisotopic (exact) mass is 268 g/mol. The van der Waals surface area contributed by atoms with Gasteiger partial charge in [0.25, 0.3) is 0 Å². The van der Waals surface area contributed by atoms with E-state index in [-0.39, 0.29) is 11.0 Å². The molecule has 1 aromatic heterocycles. The van der Waals surface area contributed by atoms with Gasteiger partial charge in [0.2, 0.25) is 5.95 Å². The molecule has 7 heteroatoms. The molecule has 0 radical (unpaired) electrons. The fourth-order valence-electron chi connectivity index (χ4n) is 1.32. The highest BCUT2D eigenvalue weighted by Gasteiger charge is 2.10. The van der Waals surface area contributed by atoms with E-state index in [1.165, 1.54) is 25.3 Å².